The van der Waals surface area contributed by atoms with Crippen molar-refractivity contribution in [3.63, 3.8) is 0 Å². The van der Waals surface area contributed by atoms with Gasteiger partial charge in [0.1, 0.15) is 11.5 Å². The molecule has 0 saturated carbocycles. The number of amides is 3. The van der Waals surface area contributed by atoms with Gasteiger partial charge in [-0.2, -0.15) is 0 Å². The third-order valence-corrected chi connectivity index (χ3v) is 11.9. The zero-order chi connectivity index (χ0) is 41.1. The number of carbonyl (C=O) groups excluding carboxylic acids is 3. The number of hydrogen-bond donors (Lipinski definition) is 5. The van der Waals surface area contributed by atoms with Crippen molar-refractivity contribution >= 4 is 41.0 Å². The van der Waals surface area contributed by atoms with Gasteiger partial charge in [0.25, 0.3) is 17.7 Å². The van der Waals surface area contributed by atoms with E-state index in [1.807, 2.05) is 48.5 Å². The summed E-state index contributed by atoms with van der Waals surface area (Å²) >= 11 is 6.08. The maximum Gasteiger partial charge on any atom is 0.274 e. The molecule has 0 unspecified atom stereocenters. The van der Waals surface area contributed by atoms with E-state index in [1.54, 1.807) is 9.80 Å². The van der Waals surface area contributed by atoms with Gasteiger partial charge in [0.05, 0.1) is 44.4 Å². The summed E-state index contributed by atoms with van der Waals surface area (Å²) < 4.78 is 12.4. The van der Waals surface area contributed by atoms with Crippen LogP contribution in [-0.4, -0.2) is 136 Å². The van der Waals surface area contributed by atoms with Crippen LogP contribution in [0.3, 0.4) is 0 Å². The molecule has 0 radical (unpaired) electrons. The maximum absolute atomic E-state index is 13.3. The number of hydrogen-bond acceptors (Lipinski definition) is 11. The zero-order valence-electron chi connectivity index (χ0n) is 33.2. The van der Waals surface area contributed by atoms with Crippen molar-refractivity contribution in [3.05, 3.63) is 70.5 Å². The molecule has 2 aromatic carbocycles. The van der Waals surface area contributed by atoms with Gasteiger partial charge in [-0.3, -0.25) is 14.4 Å². The highest BCUT2D eigenvalue weighted by Crippen LogP contribution is 2.25. The summed E-state index contributed by atoms with van der Waals surface area (Å²) in [5, 5.41) is 22.5. The fourth-order valence-electron chi connectivity index (χ4n) is 8.27. The van der Waals surface area contributed by atoms with Crippen LogP contribution in [0.5, 0.6) is 11.5 Å². The standard InChI is InChI=1S/C42H57ClN8O7/c43-39-41(45)48-40(44)38(47-39)42(56)46-31-6-3-25-51(26-31,23-1-4-29-7-11-34(12-8-29)57-27-36(54)49-19-15-32(52)16-20-49)24-2-5-30-9-13-35(14-10-30)58-28-37(55)50-21-17-33(53)18-22-50/h7-14,31-33,52-53H,1-6,15-28H2,(H4-,44,45,46,48,56)/p+1/t31-/m0/s1. The number of likely N-dealkylation sites (tertiary alicyclic amines) is 3. The largest absolute Gasteiger partial charge is 0.484 e. The summed E-state index contributed by atoms with van der Waals surface area (Å²) in [5.41, 5.74) is 14.1. The molecule has 3 aromatic rings. The number of aryl methyl sites for hydroxylation is 2. The van der Waals surface area contributed by atoms with Crippen LogP contribution in [0.4, 0.5) is 11.6 Å². The van der Waals surface area contributed by atoms with Crippen molar-refractivity contribution in [2.45, 2.75) is 82.5 Å². The molecule has 16 heteroatoms. The van der Waals surface area contributed by atoms with Gasteiger partial charge in [0.2, 0.25) is 0 Å². The number of aliphatic hydroxyl groups is 2. The summed E-state index contributed by atoms with van der Waals surface area (Å²) in [6.45, 7) is 5.77. The van der Waals surface area contributed by atoms with Crippen molar-refractivity contribution < 1.29 is 38.6 Å². The minimum absolute atomic E-state index is 0.0243. The number of nitrogens with two attached hydrogens (primary N) is 2. The molecule has 3 amide bonds. The third kappa shape index (κ3) is 12.2. The van der Waals surface area contributed by atoms with Gasteiger partial charge in [-0.05, 0) is 86.8 Å². The van der Waals surface area contributed by atoms with Crippen molar-refractivity contribution in [2.24, 2.45) is 0 Å². The molecule has 7 N–H and O–H groups in total. The minimum atomic E-state index is -0.422. The molecule has 0 spiro atoms. The quantitative estimate of drug-likeness (QED) is 0.133. The van der Waals surface area contributed by atoms with Gasteiger partial charge in [-0.1, -0.05) is 35.9 Å². The molecule has 1 aromatic heterocycles. The second kappa shape index (κ2) is 20.3. The van der Waals surface area contributed by atoms with Crippen LogP contribution in [0, 0.1) is 0 Å². The topological polar surface area (TPSA) is 206 Å². The van der Waals surface area contributed by atoms with E-state index in [1.165, 1.54) is 11.1 Å². The van der Waals surface area contributed by atoms with E-state index in [2.05, 4.69) is 15.3 Å². The van der Waals surface area contributed by atoms with Crippen molar-refractivity contribution in [3.8, 4) is 11.5 Å². The van der Waals surface area contributed by atoms with Gasteiger partial charge >= 0.3 is 0 Å². The number of anilines is 2. The van der Waals surface area contributed by atoms with Crippen molar-refractivity contribution in [1.29, 1.82) is 0 Å². The summed E-state index contributed by atoms with van der Waals surface area (Å²) in [6.07, 6.45) is 7.11. The number of ether oxygens (including phenoxy) is 2. The third-order valence-electron chi connectivity index (χ3n) is 11.6. The number of rotatable bonds is 16. The Morgan fingerprint density at radius 2 is 1.22 bits per heavy atom. The number of nitrogen functional groups attached to an aromatic ring is 2. The van der Waals surface area contributed by atoms with Gasteiger partial charge in [0.15, 0.2) is 35.7 Å². The first-order chi connectivity index (χ1) is 27.9. The smallest absolute Gasteiger partial charge is 0.274 e. The molecule has 314 valence electrons. The first-order valence-corrected chi connectivity index (χ1v) is 20.9. The van der Waals surface area contributed by atoms with Gasteiger partial charge < -0.3 is 50.8 Å². The van der Waals surface area contributed by atoms with E-state index in [9.17, 15) is 24.6 Å². The van der Waals surface area contributed by atoms with E-state index >= 15 is 0 Å². The lowest BCUT2D eigenvalue weighted by Gasteiger charge is -2.45. The van der Waals surface area contributed by atoms with E-state index in [0.717, 1.165) is 69.2 Å². The Morgan fingerprint density at radius 1 is 0.741 bits per heavy atom. The normalized spacial score (nSPS) is 18.8. The Bertz CT molecular complexity index is 1750. The average Bonchev–Trinajstić information content (AvgIpc) is 3.22. The molecule has 4 heterocycles. The van der Waals surface area contributed by atoms with E-state index in [0.29, 0.717) is 63.4 Å². The van der Waals surface area contributed by atoms with Crippen LogP contribution in [0.2, 0.25) is 5.15 Å². The number of nitrogens with zero attached hydrogens (tertiary/aromatic N) is 5. The van der Waals surface area contributed by atoms with E-state index < -0.39 is 5.91 Å². The number of benzene rings is 2. The number of aromatic nitrogens is 2. The van der Waals surface area contributed by atoms with Crippen molar-refractivity contribution in [1.82, 2.24) is 25.1 Å². The second-order valence-corrected chi connectivity index (χ2v) is 16.3. The van der Waals surface area contributed by atoms with Gasteiger partial charge in [-0.15, -0.1) is 0 Å². The molecule has 3 aliphatic heterocycles. The Kier molecular flexibility index (Phi) is 15.0. The van der Waals surface area contributed by atoms with Gasteiger partial charge in [0, 0.05) is 39.0 Å². The number of aliphatic hydroxyl groups excluding tert-OH is 2. The fraction of sp³-hybridized carbons (Fsp3) is 0.548. The number of nitrogens with one attached hydrogen (secondary N) is 1. The summed E-state index contributed by atoms with van der Waals surface area (Å²) in [4.78, 5) is 50.1. The van der Waals surface area contributed by atoms with E-state index in [4.69, 9.17) is 32.5 Å². The molecule has 3 aliphatic rings. The molecular formula is C42H58ClN8O7+. The van der Waals surface area contributed by atoms with Crippen LogP contribution in [0.25, 0.3) is 0 Å². The first kappa shape index (κ1) is 42.9. The predicted molar refractivity (Wildman–Crippen MR) is 220 cm³/mol. The average molecular weight is 822 g/mol. The second-order valence-electron chi connectivity index (χ2n) is 15.9. The first-order valence-electron chi connectivity index (χ1n) is 20.5. The maximum atomic E-state index is 13.3. The predicted octanol–water partition coefficient (Wildman–Crippen LogP) is 2.99. The summed E-state index contributed by atoms with van der Waals surface area (Å²) in [6, 6.07) is 15.7. The van der Waals surface area contributed by atoms with E-state index in [-0.39, 0.29) is 65.8 Å². The molecule has 3 saturated heterocycles. The Balaban J connectivity index is 1.03. The monoisotopic (exact) mass is 821 g/mol. The number of piperidine rings is 3. The molecule has 1 atom stereocenters. The molecule has 3 fully saturated rings. The molecule has 15 nitrogen and oxygen atoms in total. The number of carbonyl (C=O) groups is 3. The van der Waals surface area contributed by atoms with Crippen molar-refractivity contribution in [2.75, 3.05) is 77.0 Å². The van der Waals surface area contributed by atoms with Crippen LogP contribution in [-0.2, 0) is 22.4 Å². The Labute approximate surface area is 345 Å². The number of halogens is 1. The fourth-order valence-corrected chi connectivity index (χ4v) is 8.39. The molecule has 58 heavy (non-hydrogen) atoms. The lowest BCUT2D eigenvalue weighted by atomic mass is 9.99. The Hall–Kier alpha value is -4.70. The molecule has 6 rings (SSSR count). The summed E-state index contributed by atoms with van der Waals surface area (Å²) in [7, 11) is 0. The van der Waals surface area contributed by atoms with Gasteiger partial charge in [-0.25, -0.2) is 9.97 Å². The van der Waals surface area contributed by atoms with Crippen LogP contribution in [0.1, 0.15) is 73.0 Å². The number of quaternary nitrogens is 1. The lowest BCUT2D eigenvalue weighted by molar-refractivity contribution is -0.933. The minimum Gasteiger partial charge on any atom is -0.484 e. The summed E-state index contributed by atoms with van der Waals surface area (Å²) in [5.74, 6) is 0.644. The van der Waals surface area contributed by atoms with Crippen LogP contribution < -0.4 is 26.3 Å². The zero-order valence-corrected chi connectivity index (χ0v) is 34.0. The SMILES string of the molecule is Nc1nc(N)c(C(=O)N[C@H]2CCC[N+](CCCc3ccc(OCC(=O)N4CCC(O)CC4)cc3)(CCCc3ccc(OCC(=O)N4CCC(O)CC4)cc3)C2)nc1Cl. The Morgan fingerprint density at radius 3 is 1.71 bits per heavy atom. The lowest BCUT2D eigenvalue weighted by Crippen LogP contribution is -2.60. The highest BCUT2D eigenvalue weighted by atomic mass is 35.5. The van der Waals surface area contributed by atoms with Crippen LogP contribution in [0.15, 0.2) is 48.5 Å². The molecular weight excluding hydrogens is 764 g/mol. The highest BCUT2D eigenvalue weighted by molar-refractivity contribution is 6.31. The van der Waals surface area contributed by atoms with Crippen LogP contribution >= 0.6 is 11.6 Å². The highest BCUT2D eigenvalue weighted by Gasteiger charge is 2.36. The molecule has 0 aliphatic carbocycles. The molecule has 0 bridgehead atoms.